The van der Waals surface area contributed by atoms with Gasteiger partial charge in [-0.3, -0.25) is 19.2 Å². The van der Waals surface area contributed by atoms with E-state index < -0.39 is 35.8 Å². The first-order valence-electron chi connectivity index (χ1n) is 8.30. The molecule has 0 aliphatic heterocycles. The number of unbranched alkanes of at least 4 members (excludes halogenated alkanes) is 1. The van der Waals surface area contributed by atoms with Crippen LogP contribution in [0.15, 0.2) is 0 Å². The largest absolute Gasteiger partial charge is 0.368 e. The molecule has 0 aliphatic rings. The molecule has 0 fully saturated rings. The van der Waals surface area contributed by atoms with Gasteiger partial charge in [0.25, 0.3) is 0 Å². The first-order chi connectivity index (χ1) is 11.1. The van der Waals surface area contributed by atoms with E-state index in [0.29, 0.717) is 0 Å². The van der Waals surface area contributed by atoms with E-state index >= 15 is 0 Å². The number of primary amides is 1. The van der Waals surface area contributed by atoms with Crippen LogP contribution < -0.4 is 21.7 Å². The first-order valence-corrected chi connectivity index (χ1v) is 8.30. The minimum absolute atomic E-state index is 0.169. The van der Waals surface area contributed by atoms with Gasteiger partial charge in [0.05, 0.1) is 0 Å². The number of nitrogens with two attached hydrogens (primary N) is 1. The van der Waals surface area contributed by atoms with E-state index in [0.717, 1.165) is 19.3 Å². The molecule has 0 rings (SSSR count). The van der Waals surface area contributed by atoms with E-state index in [2.05, 4.69) is 16.0 Å². The van der Waals surface area contributed by atoms with E-state index in [4.69, 9.17) is 5.73 Å². The van der Waals surface area contributed by atoms with Gasteiger partial charge < -0.3 is 21.7 Å². The van der Waals surface area contributed by atoms with Gasteiger partial charge in [-0.2, -0.15) is 0 Å². The van der Waals surface area contributed by atoms with Gasteiger partial charge in [-0.15, -0.1) is 0 Å². The van der Waals surface area contributed by atoms with Crippen molar-refractivity contribution in [3.63, 3.8) is 0 Å². The molecule has 24 heavy (non-hydrogen) atoms. The van der Waals surface area contributed by atoms with Gasteiger partial charge in [0.15, 0.2) is 0 Å². The van der Waals surface area contributed by atoms with Gasteiger partial charge in [-0.25, -0.2) is 0 Å². The molecule has 0 spiro atoms. The lowest BCUT2D eigenvalue weighted by Gasteiger charge is -2.20. The van der Waals surface area contributed by atoms with Gasteiger partial charge in [0.1, 0.15) is 18.1 Å². The fraction of sp³-hybridized carbons (Fsp3) is 0.750. The van der Waals surface area contributed by atoms with E-state index in [1.807, 2.05) is 13.8 Å². The molecule has 0 bridgehead atoms. The Morgan fingerprint density at radius 3 is 1.62 bits per heavy atom. The second-order valence-electron chi connectivity index (χ2n) is 6.14. The maximum Gasteiger partial charge on any atom is 0.242 e. The fourth-order valence-electron chi connectivity index (χ4n) is 1.88. The van der Waals surface area contributed by atoms with Crippen molar-refractivity contribution in [2.24, 2.45) is 11.7 Å². The van der Waals surface area contributed by atoms with Crippen LogP contribution >= 0.6 is 0 Å². The minimum atomic E-state index is -0.851. The van der Waals surface area contributed by atoms with E-state index in [-0.39, 0.29) is 11.8 Å². The van der Waals surface area contributed by atoms with Crippen LogP contribution in [-0.2, 0) is 19.2 Å². The summed E-state index contributed by atoms with van der Waals surface area (Å²) in [6.45, 7) is 8.36. The van der Waals surface area contributed by atoms with Crippen molar-refractivity contribution in [3.05, 3.63) is 0 Å². The highest BCUT2D eigenvalue weighted by Crippen LogP contribution is 2.07. The number of amides is 4. The van der Waals surface area contributed by atoms with Crippen molar-refractivity contribution in [3.8, 4) is 0 Å². The molecule has 4 unspecified atom stereocenters. The van der Waals surface area contributed by atoms with Crippen LogP contribution in [-0.4, -0.2) is 41.8 Å². The third-order valence-electron chi connectivity index (χ3n) is 3.73. The molecule has 0 saturated heterocycles. The molecule has 0 saturated carbocycles. The summed E-state index contributed by atoms with van der Waals surface area (Å²) in [6, 6.07) is -2.44. The Labute approximate surface area is 143 Å². The predicted octanol–water partition coefficient (Wildman–Crippen LogP) is -0.188. The van der Waals surface area contributed by atoms with E-state index in [9.17, 15) is 19.2 Å². The Bertz CT molecular complexity index is 467. The Kier molecular flexibility index (Phi) is 9.68. The highest BCUT2D eigenvalue weighted by molar-refractivity contribution is 5.93. The molecule has 0 aromatic rings. The number of nitrogens with one attached hydrogen (secondary N) is 3. The number of hydrogen-bond donors (Lipinski definition) is 4. The van der Waals surface area contributed by atoms with Gasteiger partial charge in [-0.05, 0) is 27.2 Å². The normalized spacial score (nSPS) is 15.5. The zero-order valence-corrected chi connectivity index (χ0v) is 15.1. The van der Waals surface area contributed by atoms with Crippen LogP contribution in [0.5, 0.6) is 0 Å². The molecule has 0 aromatic carbocycles. The second kappa shape index (κ2) is 10.6. The fourth-order valence-corrected chi connectivity index (χ4v) is 1.88. The Morgan fingerprint density at radius 1 is 0.792 bits per heavy atom. The molecular weight excluding hydrogens is 312 g/mol. The van der Waals surface area contributed by atoms with Crippen molar-refractivity contribution in [2.75, 3.05) is 0 Å². The predicted molar refractivity (Wildman–Crippen MR) is 90.7 cm³/mol. The average Bonchev–Trinajstić information content (AvgIpc) is 2.51. The molecule has 4 atom stereocenters. The summed E-state index contributed by atoms with van der Waals surface area (Å²) in [6.07, 6.45) is 2.72. The quantitative estimate of drug-likeness (QED) is 0.438. The summed E-state index contributed by atoms with van der Waals surface area (Å²) in [7, 11) is 0. The number of rotatable bonds is 10. The number of carbonyl (C=O) groups excluding carboxylic acids is 4. The Morgan fingerprint density at radius 2 is 1.21 bits per heavy atom. The van der Waals surface area contributed by atoms with Crippen LogP contribution in [0.2, 0.25) is 0 Å². The minimum Gasteiger partial charge on any atom is -0.368 e. The van der Waals surface area contributed by atoms with Crippen LogP contribution in [0.1, 0.15) is 53.9 Å². The third-order valence-corrected chi connectivity index (χ3v) is 3.73. The molecule has 0 radical (unpaired) electrons. The van der Waals surface area contributed by atoms with Crippen LogP contribution in [0.4, 0.5) is 0 Å². The maximum atomic E-state index is 12.1. The smallest absolute Gasteiger partial charge is 0.242 e. The van der Waals surface area contributed by atoms with Gasteiger partial charge in [-0.1, -0.05) is 26.7 Å². The van der Waals surface area contributed by atoms with E-state index in [1.165, 1.54) is 13.8 Å². The van der Waals surface area contributed by atoms with E-state index in [1.54, 1.807) is 6.92 Å². The van der Waals surface area contributed by atoms with Crippen LogP contribution in [0.25, 0.3) is 0 Å². The average molecular weight is 342 g/mol. The van der Waals surface area contributed by atoms with Gasteiger partial charge in [0.2, 0.25) is 23.6 Å². The SMILES string of the molecule is CCCCC(C)C(=O)NC(C)C(=O)NC(C)C(=O)NC(C)C(N)=O. The summed E-state index contributed by atoms with van der Waals surface area (Å²) >= 11 is 0. The zero-order valence-electron chi connectivity index (χ0n) is 15.1. The van der Waals surface area contributed by atoms with Crippen molar-refractivity contribution in [1.29, 1.82) is 0 Å². The topological polar surface area (TPSA) is 130 Å². The highest BCUT2D eigenvalue weighted by Gasteiger charge is 2.24. The van der Waals surface area contributed by atoms with Gasteiger partial charge in [0, 0.05) is 5.92 Å². The zero-order chi connectivity index (χ0) is 18.9. The number of hydrogen-bond acceptors (Lipinski definition) is 4. The molecule has 0 heterocycles. The van der Waals surface area contributed by atoms with Crippen molar-refractivity contribution >= 4 is 23.6 Å². The molecule has 0 aliphatic carbocycles. The lowest BCUT2D eigenvalue weighted by atomic mass is 10.0. The van der Waals surface area contributed by atoms with Crippen molar-refractivity contribution in [2.45, 2.75) is 72.0 Å². The lowest BCUT2D eigenvalue weighted by Crippen LogP contribution is -2.54. The Balaban J connectivity index is 4.41. The first kappa shape index (κ1) is 21.9. The molecule has 0 aromatic heterocycles. The summed E-state index contributed by atoms with van der Waals surface area (Å²) in [4.78, 5) is 46.8. The van der Waals surface area contributed by atoms with Crippen LogP contribution in [0.3, 0.4) is 0 Å². The lowest BCUT2D eigenvalue weighted by molar-refractivity contribution is -0.133. The molecule has 4 amide bonds. The maximum absolute atomic E-state index is 12.1. The molecule has 8 nitrogen and oxygen atoms in total. The standard InChI is InChI=1S/C16H30N4O4/c1-6-7-8-9(2)14(22)19-11(4)16(24)20-12(5)15(23)18-10(3)13(17)21/h9-12H,6-8H2,1-5H3,(H2,17,21)(H,18,23)(H,19,22)(H,20,24). The molecule has 138 valence electrons. The summed E-state index contributed by atoms with van der Waals surface area (Å²) in [5.41, 5.74) is 5.06. The molecule has 5 N–H and O–H groups in total. The molecule has 8 heteroatoms. The second-order valence-corrected chi connectivity index (χ2v) is 6.14. The summed E-state index contributed by atoms with van der Waals surface area (Å²) < 4.78 is 0. The summed E-state index contributed by atoms with van der Waals surface area (Å²) in [5, 5.41) is 7.52. The van der Waals surface area contributed by atoms with Crippen molar-refractivity contribution < 1.29 is 19.2 Å². The van der Waals surface area contributed by atoms with Crippen LogP contribution in [0, 0.1) is 5.92 Å². The van der Waals surface area contributed by atoms with Gasteiger partial charge >= 0.3 is 0 Å². The highest BCUT2D eigenvalue weighted by atomic mass is 16.2. The molecular formula is C16H30N4O4. The summed E-state index contributed by atoms with van der Waals surface area (Å²) in [5.74, 6) is -2.02. The Hall–Kier alpha value is -2.12. The van der Waals surface area contributed by atoms with Crippen molar-refractivity contribution in [1.82, 2.24) is 16.0 Å². The number of carbonyl (C=O) groups is 4. The third kappa shape index (κ3) is 7.94. The monoisotopic (exact) mass is 342 g/mol.